The maximum atomic E-state index is 12.1. The predicted molar refractivity (Wildman–Crippen MR) is 89.6 cm³/mol. The van der Waals surface area contributed by atoms with Crippen molar-refractivity contribution in [1.29, 1.82) is 0 Å². The first kappa shape index (κ1) is 17.5. The quantitative estimate of drug-likeness (QED) is 0.847. The summed E-state index contributed by atoms with van der Waals surface area (Å²) >= 11 is 0. The summed E-state index contributed by atoms with van der Waals surface area (Å²) in [6.45, 7) is 1.35. The van der Waals surface area contributed by atoms with Crippen LogP contribution in [0.2, 0.25) is 0 Å². The van der Waals surface area contributed by atoms with Crippen molar-refractivity contribution in [1.82, 2.24) is 9.62 Å². The molecule has 0 bridgehead atoms. The molecule has 126 valence electrons. The van der Waals surface area contributed by atoms with Crippen molar-refractivity contribution in [2.75, 3.05) is 33.0 Å². The van der Waals surface area contributed by atoms with E-state index in [4.69, 9.17) is 4.74 Å². The van der Waals surface area contributed by atoms with Gasteiger partial charge in [-0.2, -0.15) is 0 Å². The van der Waals surface area contributed by atoms with E-state index < -0.39 is 10.0 Å². The van der Waals surface area contributed by atoms with E-state index in [9.17, 15) is 13.2 Å². The van der Waals surface area contributed by atoms with Crippen molar-refractivity contribution in [3.8, 4) is 5.75 Å². The second-order valence-electron chi connectivity index (χ2n) is 5.46. The Hall–Kier alpha value is -1.86. The van der Waals surface area contributed by atoms with Gasteiger partial charge in [-0.05, 0) is 29.7 Å². The second kappa shape index (κ2) is 7.61. The van der Waals surface area contributed by atoms with Gasteiger partial charge in [0, 0.05) is 26.1 Å². The number of ether oxygens (including phenoxy) is 1. The Morgan fingerprint density at radius 2 is 2.00 bits per heavy atom. The van der Waals surface area contributed by atoms with Gasteiger partial charge in [0.2, 0.25) is 15.9 Å². The van der Waals surface area contributed by atoms with Crippen LogP contribution in [0, 0.1) is 0 Å². The number of benzene rings is 1. The average Bonchev–Trinajstić information content (AvgIpc) is 2.54. The van der Waals surface area contributed by atoms with Crippen LogP contribution in [0.4, 0.5) is 0 Å². The molecule has 0 saturated carbocycles. The highest BCUT2D eigenvalue weighted by Gasteiger charge is 2.18. The third-order valence-corrected chi connectivity index (χ3v) is 4.45. The fraction of sp³-hybridized carbons (Fsp3) is 0.438. The lowest BCUT2D eigenvalue weighted by Gasteiger charge is -2.27. The number of nitrogens with zero attached hydrogens (tertiary/aromatic N) is 1. The minimum absolute atomic E-state index is 0.0359. The maximum absolute atomic E-state index is 12.1. The van der Waals surface area contributed by atoms with Crippen molar-refractivity contribution in [2.45, 2.75) is 12.8 Å². The smallest absolute Gasteiger partial charge is 0.224 e. The highest BCUT2D eigenvalue weighted by molar-refractivity contribution is 7.88. The molecule has 1 aromatic rings. The number of rotatable bonds is 6. The van der Waals surface area contributed by atoms with E-state index in [1.165, 1.54) is 5.57 Å². The molecule has 7 heteroatoms. The van der Waals surface area contributed by atoms with E-state index in [1.807, 2.05) is 30.3 Å². The zero-order chi connectivity index (χ0) is 16.9. The Labute approximate surface area is 137 Å². The Balaban J connectivity index is 1.88. The van der Waals surface area contributed by atoms with E-state index in [1.54, 1.807) is 12.0 Å². The largest absolute Gasteiger partial charge is 0.497 e. The Morgan fingerprint density at radius 3 is 2.52 bits per heavy atom. The molecule has 0 radical (unpaired) electrons. The molecular formula is C16H22N2O4S. The molecular weight excluding hydrogens is 316 g/mol. The van der Waals surface area contributed by atoms with Crippen molar-refractivity contribution in [3.63, 3.8) is 0 Å². The first-order chi connectivity index (χ1) is 10.9. The molecule has 1 amide bonds. The summed E-state index contributed by atoms with van der Waals surface area (Å²) in [6, 6.07) is 7.87. The Morgan fingerprint density at radius 1 is 1.30 bits per heavy atom. The summed E-state index contributed by atoms with van der Waals surface area (Å²) in [5, 5.41) is 0. The van der Waals surface area contributed by atoms with Gasteiger partial charge < -0.3 is 9.64 Å². The van der Waals surface area contributed by atoms with Crippen molar-refractivity contribution < 1.29 is 17.9 Å². The molecule has 0 atom stereocenters. The predicted octanol–water partition coefficient (Wildman–Crippen LogP) is 1.25. The van der Waals surface area contributed by atoms with Crippen molar-refractivity contribution >= 4 is 21.5 Å². The first-order valence-corrected chi connectivity index (χ1v) is 9.34. The topological polar surface area (TPSA) is 75.7 Å². The van der Waals surface area contributed by atoms with Crippen molar-refractivity contribution in [3.05, 3.63) is 35.9 Å². The fourth-order valence-electron chi connectivity index (χ4n) is 2.46. The molecule has 1 heterocycles. The highest BCUT2D eigenvalue weighted by Crippen LogP contribution is 2.24. The number of sulfonamides is 1. The molecule has 0 aromatic heterocycles. The van der Waals surface area contributed by atoms with E-state index in [0.717, 1.165) is 24.0 Å². The molecule has 0 spiro atoms. The van der Waals surface area contributed by atoms with Gasteiger partial charge in [-0.25, -0.2) is 13.1 Å². The van der Waals surface area contributed by atoms with E-state index in [-0.39, 0.29) is 18.9 Å². The summed E-state index contributed by atoms with van der Waals surface area (Å²) in [5.74, 6) is 0.784. The summed E-state index contributed by atoms with van der Waals surface area (Å²) in [5.41, 5.74) is 2.35. The monoisotopic (exact) mass is 338 g/mol. The second-order valence-corrected chi connectivity index (χ2v) is 7.30. The number of nitrogens with one attached hydrogen (secondary N) is 1. The zero-order valence-corrected chi connectivity index (χ0v) is 14.2. The molecule has 0 saturated heterocycles. The molecule has 0 unspecified atom stereocenters. The number of methoxy groups -OCH3 is 1. The number of hydrogen-bond acceptors (Lipinski definition) is 4. The average molecular weight is 338 g/mol. The summed E-state index contributed by atoms with van der Waals surface area (Å²) in [4.78, 5) is 13.8. The van der Waals surface area contributed by atoms with E-state index >= 15 is 0 Å². The Kier molecular flexibility index (Phi) is 5.79. The first-order valence-electron chi connectivity index (χ1n) is 7.45. The number of carbonyl (C=O) groups excluding carboxylic acids is 1. The SMILES string of the molecule is COc1ccc(C2=CCN(C(=O)CCNS(C)(=O)=O)CC2)cc1. The van der Waals surface area contributed by atoms with Gasteiger partial charge in [0.15, 0.2) is 0 Å². The third-order valence-electron chi connectivity index (χ3n) is 3.73. The van der Waals surface area contributed by atoms with Crippen LogP contribution >= 0.6 is 0 Å². The Bertz CT molecular complexity index is 681. The standard InChI is InChI=1S/C16H22N2O4S/c1-22-15-5-3-13(4-6-15)14-8-11-18(12-9-14)16(19)7-10-17-23(2,20)21/h3-6,8,17H,7,9-12H2,1-2H3. The normalized spacial score (nSPS) is 15.2. The van der Waals surface area contributed by atoms with Gasteiger partial charge in [-0.3, -0.25) is 4.79 Å². The van der Waals surface area contributed by atoms with Gasteiger partial charge in [-0.1, -0.05) is 18.2 Å². The van der Waals surface area contributed by atoms with Crippen LogP contribution in [0.15, 0.2) is 30.3 Å². The third kappa shape index (κ3) is 5.37. The lowest BCUT2D eigenvalue weighted by atomic mass is 9.99. The van der Waals surface area contributed by atoms with Crippen LogP contribution in [0.3, 0.4) is 0 Å². The number of amides is 1. The zero-order valence-electron chi connectivity index (χ0n) is 13.4. The lowest BCUT2D eigenvalue weighted by molar-refractivity contribution is -0.130. The highest BCUT2D eigenvalue weighted by atomic mass is 32.2. The molecule has 23 heavy (non-hydrogen) atoms. The fourth-order valence-corrected chi connectivity index (χ4v) is 2.94. The lowest BCUT2D eigenvalue weighted by Crippen LogP contribution is -2.37. The van der Waals surface area contributed by atoms with Crippen LogP contribution in [-0.4, -0.2) is 52.2 Å². The minimum Gasteiger partial charge on any atom is -0.497 e. The van der Waals surface area contributed by atoms with E-state index in [0.29, 0.717) is 13.1 Å². The molecule has 2 rings (SSSR count). The summed E-state index contributed by atoms with van der Waals surface area (Å²) in [7, 11) is -1.61. The van der Waals surface area contributed by atoms with Crippen LogP contribution in [-0.2, 0) is 14.8 Å². The summed E-state index contributed by atoms with van der Waals surface area (Å²) < 4.78 is 29.4. The molecule has 0 aliphatic carbocycles. The van der Waals surface area contributed by atoms with Crippen LogP contribution in [0.1, 0.15) is 18.4 Å². The molecule has 0 fully saturated rings. The molecule has 1 aliphatic heterocycles. The van der Waals surface area contributed by atoms with Gasteiger partial charge in [-0.15, -0.1) is 0 Å². The van der Waals surface area contributed by atoms with E-state index in [2.05, 4.69) is 4.72 Å². The molecule has 1 aromatic carbocycles. The maximum Gasteiger partial charge on any atom is 0.224 e. The van der Waals surface area contributed by atoms with Crippen LogP contribution in [0.5, 0.6) is 5.75 Å². The van der Waals surface area contributed by atoms with Gasteiger partial charge in [0.05, 0.1) is 13.4 Å². The molecule has 6 nitrogen and oxygen atoms in total. The molecule has 1 N–H and O–H groups in total. The summed E-state index contributed by atoms with van der Waals surface area (Å²) in [6.07, 6.45) is 4.10. The van der Waals surface area contributed by atoms with Gasteiger partial charge in [0.1, 0.15) is 5.75 Å². The number of hydrogen-bond donors (Lipinski definition) is 1. The van der Waals surface area contributed by atoms with Crippen LogP contribution < -0.4 is 9.46 Å². The van der Waals surface area contributed by atoms with Gasteiger partial charge >= 0.3 is 0 Å². The van der Waals surface area contributed by atoms with Crippen LogP contribution in [0.25, 0.3) is 5.57 Å². The molecule has 1 aliphatic rings. The minimum atomic E-state index is -3.24. The van der Waals surface area contributed by atoms with Gasteiger partial charge in [0.25, 0.3) is 0 Å². The number of carbonyl (C=O) groups is 1. The van der Waals surface area contributed by atoms with Crippen molar-refractivity contribution in [2.24, 2.45) is 0 Å².